The fourth-order valence-corrected chi connectivity index (χ4v) is 1.37. The number of anilines is 1. The average molecular weight is 260 g/mol. The van der Waals surface area contributed by atoms with Gasteiger partial charge in [0.1, 0.15) is 18.1 Å². The van der Waals surface area contributed by atoms with Crippen LogP contribution >= 0.6 is 0 Å². The van der Waals surface area contributed by atoms with Crippen molar-refractivity contribution in [2.75, 3.05) is 5.32 Å². The highest BCUT2D eigenvalue weighted by Crippen LogP contribution is 2.10. The van der Waals surface area contributed by atoms with Gasteiger partial charge >= 0.3 is 5.97 Å². The molecule has 1 amide bonds. The maximum Gasteiger partial charge on any atom is 0.315 e. The first-order chi connectivity index (χ1) is 9.08. The van der Waals surface area contributed by atoms with Gasteiger partial charge in [0.15, 0.2) is 0 Å². The van der Waals surface area contributed by atoms with Gasteiger partial charge in [-0.1, -0.05) is 0 Å². The van der Waals surface area contributed by atoms with Crippen LogP contribution in [0.5, 0.6) is 0 Å². The summed E-state index contributed by atoms with van der Waals surface area (Å²) in [7, 11) is 0. The number of aromatic nitrogens is 3. The van der Waals surface area contributed by atoms with E-state index in [2.05, 4.69) is 15.3 Å². The molecule has 0 saturated heterocycles. The predicted octanol–water partition coefficient (Wildman–Crippen LogP) is 0.926. The van der Waals surface area contributed by atoms with Crippen LogP contribution < -0.4 is 5.32 Å². The van der Waals surface area contributed by atoms with Crippen LogP contribution in [0.2, 0.25) is 0 Å². The highest BCUT2D eigenvalue weighted by atomic mass is 16.4. The molecule has 0 aromatic carbocycles. The molecule has 98 valence electrons. The molecule has 19 heavy (non-hydrogen) atoms. The Labute approximate surface area is 108 Å². The molecular weight excluding hydrogens is 248 g/mol. The topological polar surface area (TPSA) is 97.1 Å². The van der Waals surface area contributed by atoms with Crippen molar-refractivity contribution in [1.82, 2.24) is 14.5 Å². The van der Waals surface area contributed by atoms with E-state index in [0.29, 0.717) is 11.5 Å². The highest BCUT2D eigenvalue weighted by Gasteiger charge is 2.20. The Morgan fingerprint density at radius 1 is 1.42 bits per heavy atom. The number of hydrogen-bond donors (Lipinski definition) is 2. The molecule has 1 unspecified atom stereocenters. The lowest BCUT2D eigenvalue weighted by Crippen LogP contribution is -2.26. The standard InChI is InChI=1S/C12H12N4O3/c1-8(12(18)19)11(17)15-9-2-3-10(14-6-9)16-5-4-13-7-16/h2-8H,1H3,(H,15,17)(H,18,19). The van der Waals surface area contributed by atoms with Gasteiger partial charge in [0.25, 0.3) is 0 Å². The number of carboxylic acid groups (broad SMARTS) is 1. The summed E-state index contributed by atoms with van der Waals surface area (Å²) in [6.07, 6.45) is 6.44. The van der Waals surface area contributed by atoms with Gasteiger partial charge in [-0.3, -0.25) is 14.2 Å². The number of aliphatic carboxylic acids is 1. The number of amides is 1. The van der Waals surface area contributed by atoms with Crippen LogP contribution in [0.1, 0.15) is 6.92 Å². The number of imidazole rings is 1. The molecule has 0 spiro atoms. The smallest absolute Gasteiger partial charge is 0.315 e. The number of carbonyl (C=O) groups excluding carboxylic acids is 1. The third-order valence-electron chi connectivity index (χ3n) is 2.55. The molecule has 2 N–H and O–H groups in total. The largest absolute Gasteiger partial charge is 0.481 e. The zero-order valence-corrected chi connectivity index (χ0v) is 10.1. The third-order valence-corrected chi connectivity index (χ3v) is 2.55. The van der Waals surface area contributed by atoms with Crippen LogP contribution in [-0.2, 0) is 9.59 Å². The number of nitrogens with one attached hydrogen (secondary N) is 1. The van der Waals surface area contributed by atoms with Gasteiger partial charge in [-0.15, -0.1) is 0 Å². The molecule has 7 nitrogen and oxygen atoms in total. The average Bonchev–Trinajstić information content (AvgIpc) is 2.92. The van der Waals surface area contributed by atoms with Crippen molar-refractivity contribution >= 4 is 17.6 Å². The summed E-state index contributed by atoms with van der Waals surface area (Å²) in [6, 6.07) is 3.34. The summed E-state index contributed by atoms with van der Waals surface area (Å²) in [5.74, 6) is -2.19. The van der Waals surface area contributed by atoms with Gasteiger partial charge in [0, 0.05) is 12.4 Å². The summed E-state index contributed by atoms with van der Waals surface area (Å²) >= 11 is 0. The zero-order valence-electron chi connectivity index (χ0n) is 10.1. The Morgan fingerprint density at radius 2 is 2.21 bits per heavy atom. The van der Waals surface area contributed by atoms with Crippen molar-refractivity contribution in [2.24, 2.45) is 5.92 Å². The SMILES string of the molecule is CC(C(=O)O)C(=O)Nc1ccc(-n2ccnc2)nc1. The van der Waals surface area contributed by atoms with Crippen LogP contribution in [0.25, 0.3) is 5.82 Å². The van der Waals surface area contributed by atoms with Gasteiger partial charge < -0.3 is 10.4 Å². The van der Waals surface area contributed by atoms with E-state index >= 15 is 0 Å². The van der Waals surface area contributed by atoms with Gasteiger partial charge in [-0.05, 0) is 19.1 Å². The summed E-state index contributed by atoms with van der Waals surface area (Å²) < 4.78 is 1.71. The third kappa shape index (κ3) is 2.95. The molecule has 7 heteroatoms. The van der Waals surface area contributed by atoms with Crippen molar-refractivity contribution in [1.29, 1.82) is 0 Å². The fourth-order valence-electron chi connectivity index (χ4n) is 1.37. The van der Waals surface area contributed by atoms with Gasteiger partial charge in [0.2, 0.25) is 5.91 Å². The zero-order chi connectivity index (χ0) is 13.8. The van der Waals surface area contributed by atoms with Gasteiger partial charge in [-0.25, -0.2) is 9.97 Å². The maximum absolute atomic E-state index is 11.5. The second-order valence-corrected chi connectivity index (χ2v) is 3.92. The second kappa shape index (κ2) is 5.30. The molecular formula is C12H12N4O3. The quantitative estimate of drug-likeness (QED) is 0.797. The summed E-state index contributed by atoms with van der Waals surface area (Å²) in [5, 5.41) is 11.2. The lowest BCUT2D eigenvalue weighted by molar-refractivity contribution is -0.144. The van der Waals surface area contributed by atoms with E-state index in [4.69, 9.17) is 5.11 Å². The van der Waals surface area contributed by atoms with E-state index in [-0.39, 0.29) is 0 Å². The van der Waals surface area contributed by atoms with E-state index < -0.39 is 17.8 Å². The molecule has 0 aliphatic heterocycles. The predicted molar refractivity (Wildman–Crippen MR) is 66.8 cm³/mol. The van der Waals surface area contributed by atoms with Crippen LogP contribution in [0.4, 0.5) is 5.69 Å². The Kier molecular flexibility index (Phi) is 3.56. The number of hydrogen-bond acceptors (Lipinski definition) is 4. The van der Waals surface area contributed by atoms with Gasteiger partial charge in [-0.2, -0.15) is 0 Å². The van der Waals surface area contributed by atoms with Crippen molar-refractivity contribution in [3.63, 3.8) is 0 Å². The monoisotopic (exact) mass is 260 g/mol. The molecule has 0 fully saturated rings. The van der Waals surface area contributed by atoms with E-state index in [1.54, 1.807) is 35.4 Å². The van der Waals surface area contributed by atoms with Gasteiger partial charge in [0.05, 0.1) is 11.9 Å². The summed E-state index contributed by atoms with van der Waals surface area (Å²) in [6.45, 7) is 1.32. The summed E-state index contributed by atoms with van der Waals surface area (Å²) in [4.78, 5) is 30.2. The number of pyridine rings is 1. The molecule has 0 radical (unpaired) electrons. The first-order valence-electron chi connectivity index (χ1n) is 5.56. The Morgan fingerprint density at radius 3 is 2.74 bits per heavy atom. The molecule has 0 saturated carbocycles. The maximum atomic E-state index is 11.5. The van der Waals surface area contributed by atoms with Crippen LogP contribution in [0, 0.1) is 5.92 Å². The fraction of sp³-hybridized carbons (Fsp3) is 0.167. The Balaban J connectivity index is 2.07. The molecule has 2 aromatic heterocycles. The van der Waals surface area contributed by atoms with Crippen LogP contribution in [0.3, 0.4) is 0 Å². The first-order valence-corrected chi connectivity index (χ1v) is 5.56. The minimum atomic E-state index is -1.17. The molecule has 2 rings (SSSR count). The van der Waals surface area contributed by atoms with Crippen molar-refractivity contribution in [2.45, 2.75) is 6.92 Å². The Hall–Kier alpha value is -2.70. The van der Waals surface area contributed by atoms with E-state index in [1.165, 1.54) is 13.1 Å². The van der Waals surface area contributed by atoms with Crippen molar-refractivity contribution in [3.8, 4) is 5.82 Å². The minimum absolute atomic E-state index is 0.446. The molecule has 1 atom stereocenters. The van der Waals surface area contributed by atoms with Crippen molar-refractivity contribution < 1.29 is 14.7 Å². The normalized spacial score (nSPS) is 11.8. The molecule has 0 bridgehead atoms. The number of rotatable bonds is 4. The lowest BCUT2D eigenvalue weighted by atomic mass is 10.1. The lowest BCUT2D eigenvalue weighted by Gasteiger charge is -2.08. The van der Waals surface area contributed by atoms with E-state index in [0.717, 1.165) is 0 Å². The van der Waals surface area contributed by atoms with E-state index in [1.807, 2.05) is 0 Å². The van der Waals surface area contributed by atoms with Crippen molar-refractivity contribution in [3.05, 3.63) is 37.1 Å². The molecule has 2 heterocycles. The highest BCUT2D eigenvalue weighted by molar-refractivity contribution is 6.03. The number of carbonyl (C=O) groups is 2. The van der Waals surface area contributed by atoms with E-state index in [9.17, 15) is 9.59 Å². The number of carboxylic acids is 1. The number of nitrogens with zero attached hydrogens (tertiary/aromatic N) is 3. The first kappa shape index (κ1) is 12.7. The Bertz CT molecular complexity index is 578. The summed E-state index contributed by atoms with van der Waals surface area (Å²) in [5.41, 5.74) is 0.446. The van der Waals surface area contributed by atoms with Crippen LogP contribution in [-0.4, -0.2) is 31.5 Å². The van der Waals surface area contributed by atoms with Crippen LogP contribution in [0.15, 0.2) is 37.1 Å². The molecule has 0 aliphatic rings. The molecule has 2 aromatic rings. The second-order valence-electron chi connectivity index (χ2n) is 3.92. The minimum Gasteiger partial charge on any atom is -0.481 e. The molecule has 0 aliphatic carbocycles.